The van der Waals surface area contributed by atoms with Crippen LogP contribution in [0, 0.1) is 11.8 Å². The molecule has 0 saturated carbocycles. The first-order chi connectivity index (χ1) is 13.0. The Morgan fingerprint density at radius 3 is 2.41 bits per heavy atom. The van der Waals surface area contributed by atoms with Gasteiger partial charge in [-0.05, 0) is 48.8 Å². The van der Waals surface area contributed by atoms with E-state index in [0.717, 1.165) is 32.4 Å². The summed E-state index contributed by atoms with van der Waals surface area (Å²) in [6, 6.07) is 13.2. The van der Waals surface area contributed by atoms with Gasteiger partial charge in [-0.15, -0.1) is 0 Å². The summed E-state index contributed by atoms with van der Waals surface area (Å²) in [7, 11) is 0. The molecule has 1 atom stereocenters. The monoisotopic (exact) mass is 368 g/mol. The number of carbonyl (C=O) groups is 2. The van der Waals surface area contributed by atoms with Gasteiger partial charge < -0.3 is 14.6 Å². The molecule has 27 heavy (non-hydrogen) atoms. The van der Waals surface area contributed by atoms with Crippen LogP contribution in [0.2, 0.25) is 0 Å². The van der Waals surface area contributed by atoms with Crippen molar-refractivity contribution in [2.45, 2.75) is 39.2 Å². The predicted molar refractivity (Wildman–Crippen MR) is 104 cm³/mol. The third-order valence-corrected chi connectivity index (χ3v) is 5.26. The van der Waals surface area contributed by atoms with Gasteiger partial charge in [0.1, 0.15) is 6.04 Å². The summed E-state index contributed by atoms with van der Waals surface area (Å²) in [4.78, 5) is 27.2. The fourth-order valence-electron chi connectivity index (χ4n) is 3.64. The number of nitrogens with one attached hydrogen (secondary N) is 1. The lowest BCUT2D eigenvalue weighted by molar-refractivity contribution is -0.135. The molecule has 2 aromatic rings. The van der Waals surface area contributed by atoms with Gasteiger partial charge >= 0.3 is 0 Å². The van der Waals surface area contributed by atoms with E-state index < -0.39 is 6.04 Å². The summed E-state index contributed by atoms with van der Waals surface area (Å²) in [6.07, 6.45) is 4.51. The normalized spacial score (nSPS) is 16.3. The van der Waals surface area contributed by atoms with Crippen molar-refractivity contribution in [3.05, 3.63) is 60.1 Å². The first kappa shape index (κ1) is 19.2. The molecule has 0 bridgehead atoms. The minimum absolute atomic E-state index is 0.00284. The number of furan rings is 1. The molecular formula is C22H28N2O3. The summed E-state index contributed by atoms with van der Waals surface area (Å²) < 4.78 is 5.13. The lowest BCUT2D eigenvalue weighted by Crippen LogP contribution is -2.53. The molecule has 5 nitrogen and oxygen atoms in total. The van der Waals surface area contributed by atoms with Crippen molar-refractivity contribution in [3.63, 3.8) is 0 Å². The maximum absolute atomic E-state index is 13.0. The molecule has 0 aliphatic carbocycles. The van der Waals surface area contributed by atoms with Crippen LogP contribution < -0.4 is 5.32 Å². The third kappa shape index (κ3) is 5.00. The molecule has 1 fully saturated rings. The SMILES string of the molecule is CC(C)C(NC(=O)c1ccco1)C(=O)N1CCC(Cc2ccccc2)CC1. The molecule has 2 amide bonds. The average Bonchev–Trinajstić information content (AvgIpc) is 3.21. The van der Waals surface area contributed by atoms with Crippen LogP contribution in [-0.4, -0.2) is 35.8 Å². The lowest BCUT2D eigenvalue weighted by Gasteiger charge is -2.35. The number of hydrogen-bond donors (Lipinski definition) is 1. The molecule has 1 aromatic heterocycles. The van der Waals surface area contributed by atoms with Crippen molar-refractivity contribution >= 4 is 11.8 Å². The van der Waals surface area contributed by atoms with Crippen molar-refractivity contribution < 1.29 is 14.0 Å². The second kappa shape index (κ2) is 8.89. The van der Waals surface area contributed by atoms with Gasteiger partial charge in [0.25, 0.3) is 5.91 Å². The van der Waals surface area contributed by atoms with E-state index in [1.54, 1.807) is 12.1 Å². The molecule has 2 heterocycles. The van der Waals surface area contributed by atoms with Gasteiger partial charge in [-0.1, -0.05) is 44.2 Å². The standard InChI is InChI=1S/C22H28N2O3/c1-16(2)20(23-21(25)19-9-6-14-27-19)22(26)24-12-10-18(11-13-24)15-17-7-4-3-5-8-17/h3-9,14,16,18,20H,10-13,15H2,1-2H3,(H,23,25). The zero-order valence-electron chi connectivity index (χ0n) is 16.1. The average molecular weight is 368 g/mol. The molecule has 1 aromatic carbocycles. The van der Waals surface area contributed by atoms with Gasteiger partial charge in [0, 0.05) is 13.1 Å². The van der Waals surface area contributed by atoms with Crippen molar-refractivity contribution in [2.75, 3.05) is 13.1 Å². The second-order valence-electron chi connectivity index (χ2n) is 7.63. The number of likely N-dealkylation sites (tertiary alicyclic amines) is 1. The largest absolute Gasteiger partial charge is 0.459 e. The summed E-state index contributed by atoms with van der Waals surface area (Å²) in [5.74, 6) is 0.509. The highest BCUT2D eigenvalue weighted by Gasteiger charge is 2.31. The van der Waals surface area contributed by atoms with Gasteiger partial charge in [-0.25, -0.2) is 0 Å². The van der Waals surface area contributed by atoms with E-state index in [9.17, 15) is 9.59 Å². The van der Waals surface area contributed by atoms with Crippen molar-refractivity contribution in [1.82, 2.24) is 10.2 Å². The van der Waals surface area contributed by atoms with Gasteiger partial charge in [-0.2, -0.15) is 0 Å². The van der Waals surface area contributed by atoms with E-state index in [0.29, 0.717) is 5.92 Å². The topological polar surface area (TPSA) is 62.6 Å². The minimum atomic E-state index is -0.534. The van der Waals surface area contributed by atoms with Crippen LogP contribution >= 0.6 is 0 Å². The zero-order valence-corrected chi connectivity index (χ0v) is 16.1. The Bertz CT molecular complexity index is 732. The number of benzene rings is 1. The molecular weight excluding hydrogens is 340 g/mol. The smallest absolute Gasteiger partial charge is 0.287 e. The number of hydrogen-bond acceptors (Lipinski definition) is 3. The Balaban J connectivity index is 1.55. The van der Waals surface area contributed by atoms with Crippen LogP contribution in [0.25, 0.3) is 0 Å². The molecule has 1 saturated heterocycles. The Morgan fingerprint density at radius 2 is 1.81 bits per heavy atom. The molecule has 144 valence electrons. The van der Waals surface area contributed by atoms with E-state index in [2.05, 4.69) is 29.6 Å². The summed E-state index contributed by atoms with van der Waals surface area (Å²) in [6.45, 7) is 5.40. The van der Waals surface area contributed by atoms with Crippen LogP contribution in [0.15, 0.2) is 53.1 Å². The van der Waals surface area contributed by atoms with Gasteiger partial charge in [0.05, 0.1) is 6.26 Å². The Labute approximate surface area is 160 Å². The number of carbonyl (C=O) groups excluding carboxylic acids is 2. The van der Waals surface area contributed by atoms with E-state index in [1.165, 1.54) is 11.8 Å². The molecule has 3 rings (SSSR count). The maximum Gasteiger partial charge on any atom is 0.287 e. The summed E-state index contributed by atoms with van der Waals surface area (Å²) in [5, 5.41) is 2.84. The van der Waals surface area contributed by atoms with Crippen LogP contribution in [0.1, 0.15) is 42.8 Å². The highest BCUT2D eigenvalue weighted by molar-refractivity contribution is 5.95. The molecule has 1 aliphatic rings. The van der Waals surface area contributed by atoms with Crippen molar-refractivity contribution in [3.8, 4) is 0 Å². The minimum Gasteiger partial charge on any atom is -0.459 e. The van der Waals surface area contributed by atoms with E-state index in [4.69, 9.17) is 4.42 Å². The van der Waals surface area contributed by atoms with Crippen LogP contribution in [0.4, 0.5) is 0 Å². The van der Waals surface area contributed by atoms with Crippen molar-refractivity contribution in [1.29, 1.82) is 0 Å². The molecule has 5 heteroatoms. The number of piperidine rings is 1. The Hall–Kier alpha value is -2.56. The molecule has 1 aliphatic heterocycles. The van der Waals surface area contributed by atoms with Crippen LogP contribution in [-0.2, 0) is 11.2 Å². The quantitative estimate of drug-likeness (QED) is 0.849. The zero-order chi connectivity index (χ0) is 19.2. The fraction of sp³-hybridized carbons (Fsp3) is 0.455. The van der Waals surface area contributed by atoms with Gasteiger partial charge in [0.2, 0.25) is 5.91 Å². The highest BCUT2D eigenvalue weighted by atomic mass is 16.3. The second-order valence-corrected chi connectivity index (χ2v) is 7.63. The molecule has 0 radical (unpaired) electrons. The maximum atomic E-state index is 13.0. The van der Waals surface area contributed by atoms with E-state index in [1.807, 2.05) is 24.8 Å². The lowest BCUT2D eigenvalue weighted by atomic mass is 9.89. The predicted octanol–water partition coefficient (Wildman–Crippen LogP) is 3.52. The molecule has 1 N–H and O–H groups in total. The fourth-order valence-corrected chi connectivity index (χ4v) is 3.64. The number of rotatable bonds is 6. The van der Waals surface area contributed by atoms with Gasteiger partial charge in [-0.3, -0.25) is 9.59 Å². The van der Waals surface area contributed by atoms with Gasteiger partial charge in [0.15, 0.2) is 5.76 Å². The van der Waals surface area contributed by atoms with Crippen LogP contribution in [0.5, 0.6) is 0 Å². The summed E-state index contributed by atoms with van der Waals surface area (Å²) >= 11 is 0. The summed E-state index contributed by atoms with van der Waals surface area (Å²) in [5.41, 5.74) is 1.35. The van der Waals surface area contributed by atoms with E-state index in [-0.39, 0.29) is 23.5 Å². The molecule has 0 spiro atoms. The third-order valence-electron chi connectivity index (χ3n) is 5.26. The Morgan fingerprint density at radius 1 is 1.11 bits per heavy atom. The van der Waals surface area contributed by atoms with Crippen LogP contribution in [0.3, 0.4) is 0 Å². The Kier molecular flexibility index (Phi) is 6.32. The highest BCUT2D eigenvalue weighted by Crippen LogP contribution is 2.23. The van der Waals surface area contributed by atoms with E-state index >= 15 is 0 Å². The first-order valence-electron chi connectivity index (χ1n) is 9.71. The van der Waals surface area contributed by atoms with Crippen molar-refractivity contribution in [2.24, 2.45) is 11.8 Å². The first-order valence-corrected chi connectivity index (χ1v) is 9.71. The molecule has 1 unspecified atom stereocenters. The number of amides is 2. The number of nitrogens with zero attached hydrogens (tertiary/aromatic N) is 1.